The van der Waals surface area contributed by atoms with E-state index in [0.717, 1.165) is 6.42 Å². The van der Waals surface area contributed by atoms with Crippen molar-refractivity contribution in [2.24, 2.45) is 5.92 Å². The smallest absolute Gasteiger partial charge is 0.306 e. The maximum Gasteiger partial charge on any atom is 0.306 e. The molecule has 6 heteroatoms. The van der Waals surface area contributed by atoms with Gasteiger partial charge in [-0.3, -0.25) is 9.59 Å². The number of carbonyl (C=O) groups is 2. The van der Waals surface area contributed by atoms with E-state index in [0.29, 0.717) is 45.8 Å². The van der Waals surface area contributed by atoms with Crippen molar-refractivity contribution in [3.8, 4) is 0 Å². The van der Waals surface area contributed by atoms with Crippen molar-refractivity contribution in [1.29, 1.82) is 0 Å². The number of amides is 1. The number of carbonyl (C=O) groups excluding carboxylic acids is 1. The van der Waals surface area contributed by atoms with Gasteiger partial charge in [0, 0.05) is 19.7 Å². The van der Waals surface area contributed by atoms with Crippen LogP contribution in [0.4, 0.5) is 0 Å². The van der Waals surface area contributed by atoms with E-state index >= 15 is 0 Å². The van der Waals surface area contributed by atoms with E-state index in [-0.39, 0.29) is 18.4 Å². The summed E-state index contributed by atoms with van der Waals surface area (Å²) < 4.78 is 10.5. The molecule has 1 N–H and O–H groups in total. The van der Waals surface area contributed by atoms with Gasteiger partial charge in [-0.1, -0.05) is 6.92 Å². The molecule has 0 saturated carbocycles. The Hall–Kier alpha value is -1.14. The fraction of sp³-hybridized carbons (Fsp3) is 0.846. The second kappa shape index (κ2) is 8.87. The zero-order valence-electron chi connectivity index (χ0n) is 11.5. The normalized spacial score (nSPS) is 16.6. The number of ether oxygens (including phenoxy) is 2. The van der Waals surface area contributed by atoms with E-state index in [1.807, 2.05) is 6.92 Å². The molecule has 0 bridgehead atoms. The van der Waals surface area contributed by atoms with E-state index in [1.165, 1.54) is 0 Å². The van der Waals surface area contributed by atoms with E-state index < -0.39 is 5.97 Å². The standard InChI is InChI=1S/C13H23NO5/c1-2-7-18-8-9-19-10-12(15)14-5-3-11(4-6-14)13(16)17/h11H,2-10H2,1H3,(H,16,17). The van der Waals surface area contributed by atoms with E-state index in [4.69, 9.17) is 14.6 Å². The van der Waals surface area contributed by atoms with Gasteiger partial charge in [0.05, 0.1) is 19.1 Å². The molecule has 1 fully saturated rings. The van der Waals surface area contributed by atoms with Crippen LogP contribution < -0.4 is 0 Å². The molecule has 1 aliphatic rings. The highest BCUT2D eigenvalue weighted by Crippen LogP contribution is 2.17. The number of rotatable bonds is 8. The van der Waals surface area contributed by atoms with Crippen LogP contribution in [-0.4, -0.2) is 61.4 Å². The summed E-state index contributed by atoms with van der Waals surface area (Å²) in [4.78, 5) is 24.2. The van der Waals surface area contributed by atoms with Crippen LogP contribution in [0.5, 0.6) is 0 Å². The lowest BCUT2D eigenvalue weighted by atomic mass is 9.97. The summed E-state index contributed by atoms with van der Waals surface area (Å²) in [6.45, 7) is 4.72. The second-order valence-electron chi connectivity index (χ2n) is 4.66. The Morgan fingerprint density at radius 2 is 1.79 bits per heavy atom. The Balaban J connectivity index is 2.09. The molecule has 1 rings (SSSR count). The molecule has 0 aliphatic carbocycles. The third-order valence-electron chi connectivity index (χ3n) is 3.14. The van der Waals surface area contributed by atoms with Crippen LogP contribution in [0.1, 0.15) is 26.2 Å². The van der Waals surface area contributed by atoms with E-state index in [9.17, 15) is 9.59 Å². The summed E-state index contributed by atoms with van der Waals surface area (Å²) in [5.41, 5.74) is 0. The van der Waals surface area contributed by atoms with Crippen LogP contribution in [0, 0.1) is 5.92 Å². The van der Waals surface area contributed by atoms with Crippen LogP contribution in [0.15, 0.2) is 0 Å². The number of hydrogen-bond acceptors (Lipinski definition) is 4. The first kappa shape index (κ1) is 15.9. The average Bonchev–Trinajstić information content (AvgIpc) is 2.42. The SMILES string of the molecule is CCCOCCOCC(=O)N1CCC(C(=O)O)CC1. The average molecular weight is 273 g/mol. The number of likely N-dealkylation sites (tertiary alicyclic amines) is 1. The Morgan fingerprint density at radius 1 is 1.16 bits per heavy atom. The van der Waals surface area contributed by atoms with Gasteiger partial charge in [-0.15, -0.1) is 0 Å². The molecule has 0 atom stereocenters. The van der Waals surface area contributed by atoms with Gasteiger partial charge < -0.3 is 19.5 Å². The highest BCUT2D eigenvalue weighted by atomic mass is 16.5. The lowest BCUT2D eigenvalue weighted by Gasteiger charge is -2.30. The quantitative estimate of drug-likeness (QED) is 0.660. The summed E-state index contributed by atoms with van der Waals surface area (Å²) in [7, 11) is 0. The first-order valence-electron chi connectivity index (χ1n) is 6.81. The minimum Gasteiger partial charge on any atom is -0.481 e. The van der Waals surface area contributed by atoms with Crippen molar-refractivity contribution < 1.29 is 24.2 Å². The molecule has 0 aromatic rings. The minimum atomic E-state index is -0.767. The molecule has 1 amide bonds. The van der Waals surface area contributed by atoms with Crippen molar-refractivity contribution in [1.82, 2.24) is 4.90 Å². The lowest BCUT2D eigenvalue weighted by molar-refractivity contribution is -0.147. The minimum absolute atomic E-state index is 0.0488. The third-order valence-corrected chi connectivity index (χ3v) is 3.14. The van der Waals surface area contributed by atoms with Gasteiger partial charge >= 0.3 is 5.97 Å². The molecule has 1 saturated heterocycles. The Kier molecular flexibility index (Phi) is 7.43. The Labute approximate surface area is 113 Å². The second-order valence-corrected chi connectivity index (χ2v) is 4.66. The fourth-order valence-electron chi connectivity index (χ4n) is 1.99. The molecular formula is C13H23NO5. The van der Waals surface area contributed by atoms with Crippen molar-refractivity contribution in [3.05, 3.63) is 0 Å². The summed E-state index contributed by atoms with van der Waals surface area (Å²) in [6.07, 6.45) is 2.03. The molecule has 0 aromatic carbocycles. The van der Waals surface area contributed by atoms with Crippen molar-refractivity contribution in [2.45, 2.75) is 26.2 Å². The van der Waals surface area contributed by atoms with Crippen LogP contribution in [0.3, 0.4) is 0 Å². The number of carboxylic acid groups (broad SMARTS) is 1. The molecule has 1 aliphatic heterocycles. The van der Waals surface area contributed by atoms with Crippen LogP contribution in [0.2, 0.25) is 0 Å². The summed E-state index contributed by atoms with van der Waals surface area (Å²) in [6, 6.07) is 0. The van der Waals surface area contributed by atoms with Crippen molar-refractivity contribution >= 4 is 11.9 Å². The van der Waals surface area contributed by atoms with E-state index in [1.54, 1.807) is 4.90 Å². The maximum absolute atomic E-state index is 11.8. The topological polar surface area (TPSA) is 76.1 Å². The molecule has 19 heavy (non-hydrogen) atoms. The van der Waals surface area contributed by atoms with Crippen molar-refractivity contribution in [2.75, 3.05) is 39.5 Å². The largest absolute Gasteiger partial charge is 0.481 e. The Morgan fingerprint density at radius 3 is 2.37 bits per heavy atom. The molecule has 0 unspecified atom stereocenters. The number of carboxylic acids is 1. The third kappa shape index (κ3) is 6.02. The van der Waals surface area contributed by atoms with Gasteiger partial charge in [0.15, 0.2) is 0 Å². The van der Waals surface area contributed by atoms with Gasteiger partial charge in [0.2, 0.25) is 5.91 Å². The molecule has 0 aromatic heterocycles. The van der Waals surface area contributed by atoms with Gasteiger partial charge in [-0.25, -0.2) is 0 Å². The summed E-state index contributed by atoms with van der Waals surface area (Å²) >= 11 is 0. The van der Waals surface area contributed by atoms with Crippen LogP contribution >= 0.6 is 0 Å². The van der Waals surface area contributed by atoms with Gasteiger partial charge in [0.25, 0.3) is 0 Å². The molecular weight excluding hydrogens is 250 g/mol. The number of hydrogen-bond donors (Lipinski definition) is 1. The van der Waals surface area contributed by atoms with Crippen LogP contribution in [-0.2, 0) is 19.1 Å². The zero-order valence-corrected chi connectivity index (χ0v) is 11.5. The maximum atomic E-state index is 11.8. The molecule has 0 radical (unpaired) electrons. The van der Waals surface area contributed by atoms with Gasteiger partial charge in [-0.05, 0) is 19.3 Å². The van der Waals surface area contributed by atoms with Crippen LogP contribution in [0.25, 0.3) is 0 Å². The predicted octanol–water partition coefficient (Wildman–Crippen LogP) is 0.753. The molecule has 1 heterocycles. The number of nitrogens with zero attached hydrogens (tertiary/aromatic N) is 1. The highest BCUT2D eigenvalue weighted by molar-refractivity contribution is 5.78. The van der Waals surface area contributed by atoms with Gasteiger partial charge in [0.1, 0.15) is 6.61 Å². The van der Waals surface area contributed by atoms with E-state index in [2.05, 4.69) is 0 Å². The fourth-order valence-corrected chi connectivity index (χ4v) is 1.99. The first-order valence-corrected chi connectivity index (χ1v) is 6.81. The molecule has 110 valence electrons. The predicted molar refractivity (Wildman–Crippen MR) is 68.9 cm³/mol. The molecule has 0 spiro atoms. The highest BCUT2D eigenvalue weighted by Gasteiger charge is 2.26. The monoisotopic (exact) mass is 273 g/mol. The van der Waals surface area contributed by atoms with Crippen molar-refractivity contribution in [3.63, 3.8) is 0 Å². The molecule has 6 nitrogen and oxygen atoms in total. The lowest BCUT2D eigenvalue weighted by Crippen LogP contribution is -2.42. The van der Waals surface area contributed by atoms with Gasteiger partial charge in [-0.2, -0.15) is 0 Å². The Bertz CT molecular complexity index is 287. The number of aliphatic carboxylic acids is 1. The first-order chi connectivity index (χ1) is 9.15. The number of piperidine rings is 1. The summed E-state index contributed by atoms with van der Waals surface area (Å²) in [5.74, 6) is -1.15. The zero-order chi connectivity index (χ0) is 14.1. The summed E-state index contributed by atoms with van der Waals surface area (Å²) in [5, 5.41) is 8.87.